The minimum atomic E-state index is -4.01. The quantitative estimate of drug-likeness (QED) is 0.310. The summed E-state index contributed by atoms with van der Waals surface area (Å²) >= 11 is 13.9. The maximum atomic E-state index is 14.7. The van der Waals surface area contributed by atoms with Crippen molar-refractivity contribution in [2.45, 2.75) is 54.5 Å². The molecule has 0 bridgehead atoms. The zero-order valence-electron chi connectivity index (χ0n) is 20.8. The van der Waals surface area contributed by atoms with Crippen LogP contribution in [0.25, 0.3) is 0 Å². The number of rotatable bonds is 5. The van der Waals surface area contributed by atoms with Gasteiger partial charge in [-0.15, -0.1) is 0 Å². The van der Waals surface area contributed by atoms with E-state index in [2.05, 4.69) is 11.9 Å². The van der Waals surface area contributed by atoms with Crippen LogP contribution in [0, 0.1) is 11.7 Å². The molecule has 0 saturated carbocycles. The monoisotopic (exact) mass is 597 g/mol. The number of primary sulfonamides is 1. The summed E-state index contributed by atoms with van der Waals surface area (Å²) in [6, 6.07) is 9.16. The molecular weight excluding hydrogens is 571 g/mol. The summed E-state index contributed by atoms with van der Waals surface area (Å²) in [4.78, 5) is 4.37. The van der Waals surface area contributed by atoms with Gasteiger partial charge in [-0.3, -0.25) is 0 Å². The highest BCUT2D eigenvalue weighted by atomic mass is 35.5. The Balaban J connectivity index is 1.75. The Kier molecular flexibility index (Phi) is 8.74. The molecule has 5 nitrogen and oxygen atoms in total. The third-order valence-corrected chi connectivity index (χ3v) is 9.45. The van der Waals surface area contributed by atoms with Crippen molar-refractivity contribution < 1.29 is 17.2 Å². The summed E-state index contributed by atoms with van der Waals surface area (Å²) in [5.74, 6) is -0.766. The average molecular weight is 599 g/mol. The summed E-state index contributed by atoms with van der Waals surface area (Å²) in [5, 5.41) is 6.62. The first-order valence-electron chi connectivity index (χ1n) is 11.9. The lowest BCUT2D eigenvalue weighted by Crippen LogP contribution is -2.28. The van der Waals surface area contributed by atoms with Gasteiger partial charge in [-0.2, -0.15) is 0 Å². The molecule has 1 aromatic heterocycles. The molecule has 1 aliphatic rings. The van der Waals surface area contributed by atoms with Gasteiger partial charge in [0, 0.05) is 23.4 Å². The van der Waals surface area contributed by atoms with Crippen LogP contribution < -0.4 is 5.14 Å². The van der Waals surface area contributed by atoms with Gasteiger partial charge < -0.3 is 4.57 Å². The molecule has 0 saturated heterocycles. The van der Waals surface area contributed by atoms with Crippen molar-refractivity contribution in [1.29, 1.82) is 0 Å². The van der Waals surface area contributed by atoms with Crippen molar-refractivity contribution in [2.24, 2.45) is 11.1 Å². The number of benzene rings is 2. The molecule has 2 heterocycles. The van der Waals surface area contributed by atoms with Gasteiger partial charge in [0.15, 0.2) is 5.16 Å². The van der Waals surface area contributed by atoms with E-state index < -0.39 is 21.3 Å². The predicted octanol–water partition coefficient (Wildman–Crippen LogP) is 7.41. The van der Waals surface area contributed by atoms with Crippen LogP contribution in [-0.4, -0.2) is 18.0 Å². The molecule has 2 N–H and O–H groups in total. The van der Waals surface area contributed by atoms with E-state index in [9.17, 15) is 17.2 Å². The molecule has 38 heavy (non-hydrogen) atoms. The number of hydrogen-bond donors (Lipinski definition) is 1. The number of sulfonamides is 1. The van der Waals surface area contributed by atoms with Crippen molar-refractivity contribution >= 4 is 45.0 Å². The molecule has 0 fully saturated rings. The molecule has 4 rings (SSSR count). The van der Waals surface area contributed by atoms with E-state index in [1.165, 1.54) is 30.0 Å². The minimum absolute atomic E-state index is 0.00773. The number of thioether (sulfide) groups is 1. The molecule has 202 valence electrons. The Hall–Kier alpha value is -2.17. The van der Waals surface area contributed by atoms with Gasteiger partial charge >= 0.3 is 0 Å². The van der Waals surface area contributed by atoms with E-state index in [1.54, 1.807) is 24.4 Å². The Morgan fingerprint density at radius 2 is 1.95 bits per heavy atom. The van der Waals surface area contributed by atoms with E-state index in [-0.39, 0.29) is 22.4 Å². The van der Waals surface area contributed by atoms with Crippen molar-refractivity contribution in [2.75, 3.05) is 0 Å². The lowest BCUT2D eigenvalue weighted by Gasteiger charge is -2.32. The van der Waals surface area contributed by atoms with Gasteiger partial charge in [0.05, 0.1) is 21.1 Å². The Morgan fingerprint density at radius 1 is 1.18 bits per heavy atom. The molecule has 11 heteroatoms. The summed E-state index contributed by atoms with van der Waals surface area (Å²) in [5.41, 5.74) is 1.64. The Labute approximate surface area is 235 Å². The van der Waals surface area contributed by atoms with Crippen molar-refractivity contribution in [3.8, 4) is 0 Å². The molecule has 0 spiro atoms. The number of aromatic nitrogens is 2. The van der Waals surface area contributed by atoms with Gasteiger partial charge in [0.1, 0.15) is 11.6 Å². The van der Waals surface area contributed by atoms with Crippen LogP contribution in [0.5, 0.6) is 0 Å². The van der Waals surface area contributed by atoms with E-state index in [0.717, 1.165) is 17.3 Å². The molecule has 0 amide bonds. The number of hydrogen-bond acceptors (Lipinski definition) is 4. The topological polar surface area (TPSA) is 78.0 Å². The highest BCUT2D eigenvalue weighted by Crippen LogP contribution is 2.41. The van der Waals surface area contributed by atoms with Gasteiger partial charge in [-0.05, 0) is 73.2 Å². The summed E-state index contributed by atoms with van der Waals surface area (Å²) in [7, 11) is -4.01. The summed E-state index contributed by atoms with van der Waals surface area (Å²) in [6.07, 6.45) is 8.00. The summed E-state index contributed by atoms with van der Waals surface area (Å²) in [6.45, 7) is 4.43. The van der Waals surface area contributed by atoms with Gasteiger partial charge in [0.25, 0.3) is 0 Å². The van der Waals surface area contributed by atoms with Crippen molar-refractivity contribution in [3.63, 3.8) is 0 Å². The largest absolute Gasteiger partial charge is 0.318 e. The zero-order valence-corrected chi connectivity index (χ0v) is 23.9. The zero-order chi connectivity index (χ0) is 27.7. The third kappa shape index (κ3) is 6.34. The molecule has 2 atom stereocenters. The number of nitrogens with zero attached hydrogens (tertiary/aromatic N) is 2. The van der Waals surface area contributed by atoms with Crippen molar-refractivity contribution in [1.82, 2.24) is 9.55 Å². The minimum Gasteiger partial charge on any atom is -0.318 e. The van der Waals surface area contributed by atoms with Gasteiger partial charge in [0.2, 0.25) is 10.0 Å². The normalized spacial score (nSPS) is 22.7. The fraction of sp³-hybridized carbons (Fsp3) is 0.296. The van der Waals surface area contributed by atoms with E-state index in [1.807, 2.05) is 23.6 Å². The Morgan fingerprint density at radius 3 is 2.63 bits per heavy atom. The lowest BCUT2D eigenvalue weighted by molar-refractivity contribution is 0.429. The average Bonchev–Trinajstić information content (AvgIpc) is 3.25. The number of allylic oxidation sites excluding steroid dienone is 4. The molecule has 0 aliphatic carbocycles. The molecule has 2 unspecified atom stereocenters. The maximum Gasteiger partial charge on any atom is 0.238 e. The molecule has 3 aromatic rings. The SMILES string of the molecule is CC1/C=C(F)\C=C/Cn2c(cnc2SCc2ccc(S(N)(=O)=O)cc2F)C(C)(c2ccc(Cl)c(Cl)c2)CC1. The first-order valence-corrected chi connectivity index (χ1v) is 15.2. The van der Waals surface area contributed by atoms with E-state index >= 15 is 0 Å². The fourth-order valence-corrected chi connectivity index (χ4v) is 6.31. The second-order valence-electron chi connectivity index (χ2n) is 9.55. The van der Waals surface area contributed by atoms with E-state index in [4.69, 9.17) is 28.3 Å². The highest BCUT2D eigenvalue weighted by molar-refractivity contribution is 7.98. The van der Waals surface area contributed by atoms with Gasteiger partial charge in [-0.1, -0.05) is 60.1 Å². The third-order valence-electron chi connectivity index (χ3n) is 6.76. The Bertz CT molecular complexity index is 1520. The first-order chi connectivity index (χ1) is 17.9. The van der Waals surface area contributed by atoms with Crippen LogP contribution in [0.2, 0.25) is 10.0 Å². The number of nitrogens with two attached hydrogens (primary N) is 1. The highest BCUT2D eigenvalue weighted by Gasteiger charge is 2.34. The smallest absolute Gasteiger partial charge is 0.238 e. The first kappa shape index (κ1) is 28.8. The fourth-order valence-electron chi connectivity index (χ4n) is 4.51. The number of halogens is 4. The molecule has 0 radical (unpaired) electrons. The predicted molar refractivity (Wildman–Crippen MR) is 149 cm³/mol. The van der Waals surface area contributed by atoms with Gasteiger partial charge in [-0.25, -0.2) is 27.3 Å². The maximum absolute atomic E-state index is 14.7. The molecule has 2 aromatic carbocycles. The van der Waals surface area contributed by atoms with Crippen LogP contribution in [0.1, 0.15) is 43.5 Å². The van der Waals surface area contributed by atoms with Crippen LogP contribution in [0.3, 0.4) is 0 Å². The van der Waals surface area contributed by atoms with Crippen LogP contribution >= 0.6 is 35.0 Å². The lowest BCUT2D eigenvalue weighted by atomic mass is 9.74. The van der Waals surface area contributed by atoms with E-state index in [0.29, 0.717) is 40.2 Å². The molecular formula is C27H27Cl2F2N3O2S2. The summed E-state index contributed by atoms with van der Waals surface area (Å²) < 4.78 is 54.2. The second-order valence-corrected chi connectivity index (χ2v) is 12.9. The van der Waals surface area contributed by atoms with Crippen molar-refractivity contribution in [3.05, 3.63) is 99.3 Å². The van der Waals surface area contributed by atoms with Crippen LogP contribution in [0.4, 0.5) is 8.78 Å². The van der Waals surface area contributed by atoms with Crippen LogP contribution in [0.15, 0.2) is 76.7 Å². The standard InChI is InChI=1S/C27H27Cl2F2N3O2S2/c1-17-9-10-27(2,19-6-8-22(28)23(29)13-19)25-15-33-26(34(25)11-3-4-20(30)12-17)37-16-18-5-7-21(14-24(18)31)38(32,35)36/h3-8,12-15,17H,9-11,16H2,1-2H3,(H2,32,35,36)/b4-3-,20-12+. The van der Waals surface area contributed by atoms with Crippen LogP contribution in [-0.2, 0) is 27.7 Å². The molecule has 1 aliphatic heterocycles. The number of imidazole rings is 1. The number of fused-ring (bicyclic) bond motifs is 1. The second kappa shape index (κ2) is 11.5.